The summed E-state index contributed by atoms with van der Waals surface area (Å²) in [6.07, 6.45) is 6.27. The summed E-state index contributed by atoms with van der Waals surface area (Å²) >= 11 is 6.32. The van der Waals surface area contributed by atoms with Crippen LogP contribution in [0.3, 0.4) is 0 Å². The van der Waals surface area contributed by atoms with Crippen LogP contribution in [0.4, 0.5) is 10.1 Å². The standard InChI is InChI=1S/C29H27ClFN3O/c1-19-5-10-24(33-29(35)21-6-8-23(31)9-7-21)17-22(19)13-16-34-14-11-20(12-15-34)26-18-32-28-25(26)3-2-4-27(28)30/h2-11,17-18,32H,12-16H2,1H3,(H,33,35). The number of hydrogen-bond acceptors (Lipinski definition) is 2. The van der Waals surface area contributed by atoms with Crippen LogP contribution in [0.25, 0.3) is 16.5 Å². The van der Waals surface area contributed by atoms with E-state index in [0.29, 0.717) is 5.56 Å². The second kappa shape index (κ2) is 10.1. The topological polar surface area (TPSA) is 48.1 Å². The summed E-state index contributed by atoms with van der Waals surface area (Å²) in [6, 6.07) is 17.6. The van der Waals surface area contributed by atoms with Crippen molar-refractivity contribution in [1.82, 2.24) is 9.88 Å². The van der Waals surface area contributed by atoms with Gasteiger partial charge in [0.1, 0.15) is 5.82 Å². The van der Waals surface area contributed by atoms with E-state index in [9.17, 15) is 9.18 Å². The number of amides is 1. The van der Waals surface area contributed by atoms with E-state index >= 15 is 0 Å². The maximum Gasteiger partial charge on any atom is 0.255 e. The Hall–Kier alpha value is -3.41. The van der Waals surface area contributed by atoms with E-state index in [1.165, 1.54) is 51.9 Å². The number of halogens is 2. The molecular formula is C29H27ClFN3O. The Morgan fingerprint density at radius 3 is 2.74 bits per heavy atom. The molecule has 0 spiro atoms. The average Bonchev–Trinajstić information content (AvgIpc) is 3.30. The maximum absolute atomic E-state index is 13.1. The lowest BCUT2D eigenvalue weighted by molar-refractivity contribution is 0.102. The molecule has 0 aliphatic carbocycles. The molecule has 1 aliphatic heterocycles. The van der Waals surface area contributed by atoms with Crippen molar-refractivity contribution in [1.29, 1.82) is 0 Å². The van der Waals surface area contributed by atoms with Crippen molar-refractivity contribution in [2.45, 2.75) is 19.8 Å². The molecule has 0 saturated carbocycles. The largest absolute Gasteiger partial charge is 0.359 e. The number of anilines is 1. The molecule has 5 rings (SSSR count). The number of carbonyl (C=O) groups is 1. The van der Waals surface area contributed by atoms with E-state index in [4.69, 9.17) is 11.6 Å². The van der Waals surface area contributed by atoms with Crippen molar-refractivity contribution in [2.24, 2.45) is 0 Å². The third-order valence-electron chi connectivity index (χ3n) is 6.71. The summed E-state index contributed by atoms with van der Waals surface area (Å²) < 4.78 is 13.1. The molecule has 0 bridgehead atoms. The molecule has 178 valence electrons. The highest BCUT2D eigenvalue weighted by molar-refractivity contribution is 6.35. The van der Waals surface area contributed by atoms with Gasteiger partial charge in [0.2, 0.25) is 0 Å². The average molecular weight is 488 g/mol. The molecule has 1 amide bonds. The van der Waals surface area contributed by atoms with Gasteiger partial charge in [-0.15, -0.1) is 0 Å². The van der Waals surface area contributed by atoms with Gasteiger partial charge in [0.15, 0.2) is 0 Å². The highest BCUT2D eigenvalue weighted by Gasteiger charge is 2.17. The lowest BCUT2D eigenvalue weighted by atomic mass is 9.98. The minimum absolute atomic E-state index is 0.243. The van der Waals surface area contributed by atoms with Crippen LogP contribution >= 0.6 is 11.6 Å². The van der Waals surface area contributed by atoms with E-state index in [-0.39, 0.29) is 11.7 Å². The van der Waals surface area contributed by atoms with Crippen molar-refractivity contribution in [3.8, 4) is 0 Å². The molecule has 3 aromatic carbocycles. The highest BCUT2D eigenvalue weighted by Crippen LogP contribution is 2.32. The first-order chi connectivity index (χ1) is 17.0. The molecule has 2 heterocycles. The molecule has 1 aromatic heterocycles. The van der Waals surface area contributed by atoms with E-state index in [1.807, 2.05) is 30.3 Å². The minimum Gasteiger partial charge on any atom is -0.359 e. The molecule has 0 fully saturated rings. The van der Waals surface area contributed by atoms with Crippen molar-refractivity contribution in [3.05, 3.63) is 106 Å². The van der Waals surface area contributed by atoms with E-state index in [1.54, 1.807) is 0 Å². The molecule has 0 saturated heterocycles. The van der Waals surface area contributed by atoms with Crippen LogP contribution in [-0.2, 0) is 6.42 Å². The van der Waals surface area contributed by atoms with Crippen LogP contribution < -0.4 is 5.32 Å². The number of benzene rings is 3. The Labute approximate surface area is 209 Å². The van der Waals surface area contributed by atoms with Gasteiger partial charge in [0.25, 0.3) is 5.91 Å². The fourth-order valence-electron chi connectivity index (χ4n) is 4.64. The minimum atomic E-state index is -0.357. The van der Waals surface area contributed by atoms with Gasteiger partial charge < -0.3 is 10.3 Å². The number of carbonyl (C=O) groups excluding carboxylic acids is 1. The van der Waals surface area contributed by atoms with E-state index < -0.39 is 0 Å². The number of fused-ring (bicyclic) bond motifs is 1. The maximum atomic E-state index is 13.1. The van der Waals surface area contributed by atoms with Gasteiger partial charge in [-0.05, 0) is 78.9 Å². The number of aromatic amines is 1. The number of aryl methyl sites for hydroxylation is 1. The van der Waals surface area contributed by atoms with Crippen LogP contribution in [0.1, 0.15) is 33.5 Å². The number of nitrogens with one attached hydrogen (secondary N) is 2. The van der Waals surface area contributed by atoms with Crippen molar-refractivity contribution in [2.75, 3.05) is 25.0 Å². The Bertz CT molecular complexity index is 1410. The molecule has 1 aliphatic rings. The van der Waals surface area contributed by atoms with Gasteiger partial charge in [0.05, 0.1) is 10.5 Å². The van der Waals surface area contributed by atoms with Gasteiger partial charge in [-0.2, -0.15) is 0 Å². The van der Waals surface area contributed by atoms with Gasteiger partial charge in [-0.1, -0.05) is 35.9 Å². The van der Waals surface area contributed by atoms with Crippen LogP contribution in [-0.4, -0.2) is 35.4 Å². The van der Waals surface area contributed by atoms with Crippen molar-refractivity contribution < 1.29 is 9.18 Å². The Morgan fingerprint density at radius 2 is 1.97 bits per heavy atom. The molecule has 0 atom stereocenters. The molecular weight excluding hydrogens is 461 g/mol. The van der Waals surface area contributed by atoms with Crippen LogP contribution in [0.5, 0.6) is 0 Å². The normalized spacial score (nSPS) is 14.2. The number of rotatable bonds is 6. The molecule has 35 heavy (non-hydrogen) atoms. The van der Waals surface area contributed by atoms with E-state index in [0.717, 1.165) is 48.7 Å². The summed E-state index contributed by atoms with van der Waals surface area (Å²) in [6.45, 7) is 4.94. The van der Waals surface area contributed by atoms with Crippen LogP contribution in [0, 0.1) is 12.7 Å². The number of para-hydroxylation sites is 1. The van der Waals surface area contributed by atoms with Gasteiger partial charge >= 0.3 is 0 Å². The lowest BCUT2D eigenvalue weighted by Crippen LogP contribution is -2.30. The molecule has 4 aromatic rings. The predicted octanol–water partition coefficient (Wildman–Crippen LogP) is 6.85. The zero-order valence-electron chi connectivity index (χ0n) is 19.6. The van der Waals surface area contributed by atoms with Crippen molar-refractivity contribution >= 4 is 39.7 Å². The molecule has 6 heteroatoms. The summed E-state index contributed by atoms with van der Waals surface area (Å²) in [5.74, 6) is -0.600. The van der Waals surface area contributed by atoms with Crippen molar-refractivity contribution in [3.63, 3.8) is 0 Å². The quantitative estimate of drug-likeness (QED) is 0.312. The Balaban J connectivity index is 1.21. The zero-order chi connectivity index (χ0) is 24.4. The predicted molar refractivity (Wildman–Crippen MR) is 142 cm³/mol. The van der Waals surface area contributed by atoms with E-state index in [2.05, 4.69) is 40.5 Å². The highest BCUT2D eigenvalue weighted by atomic mass is 35.5. The number of nitrogens with zero attached hydrogens (tertiary/aromatic N) is 1. The number of aromatic nitrogens is 1. The summed E-state index contributed by atoms with van der Waals surface area (Å²) in [5.41, 5.74) is 7.19. The van der Waals surface area contributed by atoms with Gasteiger partial charge in [-0.25, -0.2) is 4.39 Å². The Morgan fingerprint density at radius 1 is 1.14 bits per heavy atom. The third-order valence-corrected chi connectivity index (χ3v) is 7.03. The third kappa shape index (κ3) is 5.16. The lowest BCUT2D eigenvalue weighted by Gasteiger charge is -2.26. The fraction of sp³-hybridized carbons (Fsp3) is 0.207. The second-order valence-corrected chi connectivity index (χ2v) is 9.40. The first-order valence-electron chi connectivity index (χ1n) is 11.8. The molecule has 0 radical (unpaired) electrons. The first kappa shape index (κ1) is 23.3. The number of H-pyrrole nitrogens is 1. The Kier molecular flexibility index (Phi) is 6.71. The van der Waals surface area contributed by atoms with Crippen LogP contribution in [0.15, 0.2) is 72.9 Å². The van der Waals surface area contributed by atoms with Gasteiger partial charge in [0, 0.05) is 48.0 Å². The smallest absolute Gasteiger partial charge is 0.255 e. The SMILES string of the molecule is Cc1ccc(NC(=O)c2ccc(F)cc2)cc1CCN1CC=C(c2c[nH]c3c(Cl)cccc23)CC1. The second-order valence-electron chi connectivity index (χ2n) is 9.00. The fourth-order valence-corrected chi connectivity index (χ4v) is 4.87. The summed E-state index contributed by atoms with van der Waals surface area (Å²) in [4.78, 5) is 18.3. The zero-order valence-corrected chi connectivity index (χ0v) is 20.3. The summed E-state index contributed by atoms with van der Waals surface area (Å²) in [5, 5.41) is 4.85. The molecule has 0 unspecified atom stereocenters. The first-order valence-corrected chi connectivity index (χ1v) is 12.2. The summed E-state index contributed by atoms with van der Waals surface area (Å²) in [7, 11) is 0. The molecule has 2 N–H and O–H groups in total. The molecule has 4 nitrogen and oxygen atoms in total. The van der Waals surface area contributed by atoms with Crippen LogP contribution in [0.2, 0.25) is 5.02 Å². The number of hydrogen-bond donors (Lipinski definition) is 2. The monoisotopic (exact) mass is 487 g/mol. The van der Waals surface area contributed by atoms with Gasteiger partial charge in [-0.3, -0.25) is 9.69 Å².